The van der Waals surface area contributed by atoms with Crippen molar-refractivity contribution >= 4 is 11.6 Å². The van der Waals surface area contributed by atoms with Crippen LogP contribution >= 0.6 is 0 Å². The van der Waals surface area contributed by atoms with Gasteiger partial charge in [0.1, 0.15) is 0 Å². The van der Waals surface area contributed by atoms with Gasteiger partial charge in [0.05, 0.1) is 6.04 Å². The van der Waals surface area contributed by atoms with E-state index >= 15 is 0 Å². The van der Waals surface area contributed by atoms with Crippen molar-refractivity contribution in [2.24, 2.45) is 5.73 Å². The molecule has 1 aliphatic heterocycles. The molecule has 3 N–H and O–H groups in total. The van der Waals surface area contributed by atoms with Gasteiger partial charge < -0.3 is 11.1 Å². The summed E-state index contributed by atoms with van der Waals surface area (Å²) in [5, 5.41) is 2.84. The number of benzene rings is 1. The number of nitrogens with zero attached hydrogens (tertiary/aromatic N) is 1. The number of carbonyl (C=O) groups is 1. The highest BCUT2D eigenvalue weighted by Gasteiger charge is 2.12. The summed E-state index contributed by atoms with van der Waals surface area (Å²) in [5.74, 6) is -0.116. The summed E-state index contributed by atoms with van der Waals surface area (Å²) >= 11 is 0. The molecule has 0 aliphatic carbocycles. The van der Waals surface area contributed by atoms with Crippen LogP contribution in [0.3, 0.4) is 0 Å². The van der Waals surface area contributed by atoms with Crippen molar-refractivity contribution in [2.75, 3.05) is 18.4 Å². The number of amides is 1. The van der Waals surface area contributed by atoms with E-state index in [9.17, 15) is 4.79 Å². The lowest BCUT2D eigenvalue weighted by Crippen LogP contribution is -2.34. The van der Waals surface area contributed by atoms with E-state index in [1.54, 1.807) is 0 Å². The topological polar surface area (TPSA) is 58.4 Å². The van der Waals surface area contributed by atoms with Gasteiger partial charge in [-0.25, -0.2) is 0 Å². The molecule has 1 fully saturated rings. The van der Waals surface area contributed by atoms with Crippen LogP contribution in [0.4, 0.5) is 5.69 Å². The van der Waals surface area contributed by atoms with Gasteiger partial charge in [0.2, 0.25) is 5.91 Å². The normalized spacial score (nSPS) is 17.4. The molecule has 0 saturated carbocycles. The molecule has 0 bridgehead atoms. The van der Waals surface area contributed by atoms with Crippen LogP contribution in [0.1, 0.15) is 31.7 Å². The largest absolute Gasteiger partial charge is 0.325 e. The molecular formula is C15H23N3O. The van der Waals surface area contributed by atoms with Gasteiger partial charge in [-0.15, -0.1) is 0 Å². The first-order valence-electron chi connectivity index (χ1n) is 7.07. The lowest BCUT2D eigenvalue weighted by atomic mass is 10.2. The fourth-order valence-electron chi connectivity index (χ4n) is 2.31. The maximum atomic E-state index is 11.7. The molecule has 19 heavy (non-hydrogen) atoms. The minimum atomic E-state index is -0.427. The fraction of sp³-hybridized carbons (Fsp3) is 0.533. The summed E-state index contributed by atoms with van der Waals surface area (Å²) < 4.78 is 0. The zero-order valence-corrected chi connectivity index (χ0v) is 11.6. The number of nitrogens with two attached hydrogens (primary N) is 1. The van der Waals surface area contributed by atoms with Gasteiger partial charge in [0.25, 0.3) is 0 Å². The molecule has 1 amide bonds. The van der Waals surface area contributed by atoms with Crippen LogP contribution in [0, 0.1) is 0 Å². The van der Waals surface area contributed by atoms with Gasteiger partial charge in [0.15, 0.2) is 0 Å². The van der Waals surface area contributed by atoms with Crippen LogP contribution in [-0.2, 0) is 11.3 Å². The Morgan fingerprint density at radius 3 is 2.53 bits per heavy atom. The first kappa shape index (κ1) is 14.0. The number of hydrogen-bond donors (Lipinski definition) is 2. The summed E-state index contributed by atoms with van der Waals surface area (Å²) in [6, 6.07) is 7.62. The lowest BCUT2D eigenvalue weighted by molar-refractivity contribution is -0.117. The summed E-state index contributed by atoms with van der Waals surface area (Å²) in [6.07, 6.45) is 3.27. The number of nitrogens with one attached hydrogen (secondary N) is 1. The predicted molar refractivity (Wildman–Crippen MR) is 77.8 cm³/mol. The van der Waals surface area contributed by atoms with Gasteiger partial charge in [-0.3, -0.25) is 9.69 Å². The minimum Gasteiger partial charge on any atom is -0.325 e. The van der Waals surface area contributed by atoms with Gasteiger partial charge in [-0.1, -0.05) is 19.1 Å². The maximum absolute atomic E-state index is 11.7. The lowest BCUT2D eigenvalue weighted by Gasteiger charge is -2.15. The van der Waals surface area contributed by atoms with Gasteiger partial charge >= 0.3 is 0 Å². The first-order chi connectivity index (χ1) is 9.19. The molecule has 2 rings (SSSR count). The predicted octanol–water partition coefficient (Wildman–Crippen LogP) is 1.96. The number of hydrogen-bond acceptors (Lipinski definition) is 3. The van der Waals surface area contributed by atoms with Crippen molar-refractivity contribution in [2.45, 2.75) is 38.8 Å². The Bertz CT molecular complexity index is 410. The first-order valence-corrected chi connectivity index (χ1v) is 7.07. The zero-order valence-electron chi connectivity index (χ0n) is 11.6. The molecule has 1 heterocycles. The quantitative estimate of drug-likeness (QED) is 0.852. The molecule has 0 spiro atoms. The highest BCUT2D eigenvalue weighted by Crippen LogP contribution is 2.15. The Morgan fingerprint density at radius 1 is 1.32 bits per heavy atom. The molecule has 1 saturated heterocycles. The summed E-state index contributed by atoms with van der Waals surface area (Å²) in [5.41, 5.74) is 7.79. The van der Waals surface area contributed by atoms with E-state index in [1.165, 1.54) is 31.5 Å². The summed E-state index contributed by atoms with van der Waals surface area (Å²) in [6.45, 7) is 5.31. The number of anilines is 1. The summed E-state index contributed by atoms with van der Waals surface area (Å²) in [7, 11) is 0. The molecular weight excluding hydrogens is 238 g/mol. The van der Waals surface area contributed by atoms with Crippen molar-refractivity contribution in [1.82, 2.24) is 4.90 Å². The average Bonchev–Trinajstić information content (AvgIpc) is 2.93. The molecule has 0 aromatic heterocycles. The highest BCUT2D eigenvalue weighted by molar-refractivity contribution is 5.94. The Labute approximate surface area is 115 Å². The molecule has 1 aromatic carbocycles. The van der Waals surface area contributed by atoms with Crippen molar-refractivity contribution in [1.29, 1.82) is 0 Å². The monoisotopic (exact) mass is 261 g/mol. The van der Waals surface area contributed by atoms with E-state index in [0.29, 0.717) is 6.42 Å². The molecule has 0 radical (unpaired) electrons. The van der Waals surface area contributed by atoms with E-state index in [-0.39, 0.29) is 5.91 Å². The van der Waals surface area contributed by atoms with Gasteiger partial charge in [-0.05, 0) is 50.0 Å². The van der Waals surface area contributed by atoms with Crippen LogP contribution in [-0.4, -0.2) is 29.9 Å². The second-order valence-corrected chi connectivity index (χ2v) is 5.18. The second kappa shape index (κ2) is 6.68. The molecule has 4 nitrogen and oxygen atoms in total. The van der Waals surface area contributed by atoms with Gasteiger partial charge in [-0.2, -0.15) is 0 Å². The van der Waals surface area contributed by atoms with E-state index in [1.807, 2.05) is 19.1 Å². The van der Waals surface area contributed by atoms with E-state index in [0.717, 1.165) is 12.2 Å². The van der Waals surface area contributed by atoms with Crippen molar-refractivity contribution in [3.05, 3.63) is 29.8 Å². The standard InChI is InChI=1S/C15H23N3O/c1-2-14(16)15(19)17-13-7-5-12(6-8-13)11-18-9-3-4-10-18/h5-8,14H,2-4,9-11,16H2,1H3,(H,17,19)/t14-/m0/s1. The fourth-order valence-corrected chi connectivity index (χ4v) is 2.31. The van der Waals surface area contributed by atoms with Crippen LogP contribution in [0.2, 0.25) is 0 Å². The maximum Gasteiger partial charge on any atom is 0.241 e. The Hall–Kier alpha value is -1.39. The third kappa shape index (κ3) is 4.04. The number of rotatable bonds is 5. The van der Waals surface area contributed by atoms with Gasteiger partial charge in [0, 0.05) is 12.2 Å². The zero-order chi connectivity index (χ0) is 13.7. The van der Waals surface area contributed by atoms with Crippen molar-refractivity contribution < 1.29 is 4.79 Å². The van der Waals surface area contributed by atoms with Crippen molar-refractivity contribution in [3.63, 3.8) is 0 Å². The Balaban J connectivity index is 1.88. The molecule has 1 atom stereocenters. The van der Waals surface area contributed by atoms with Crippen LogP contribution in [0.25, 0.3) is 0 Å². The van der Waals surface area contributed by atoms with Crippen molar-refractivity contribution in [3.8, 4) is 0 Å². The smallest absolute Gasteiger partial charge is 0.241 e. The molecule has 1 aromatic rings. The van der Waals surface area contributed by atoms with Crippen LogP contribution < -0.4 is 11.1 Å². The van der Waals surface area contributed by atoms with Crippen LogP contribution in [0.5, 0.6) is 0 Å². The average molecular weight is 261 g/mol. The van der Waals surface area contributed by atoms with Crippen LogP contribution in [0.15, 0.2) is 24.3 Å². The second-order valence-electron chi connectivity index (χ2n) is 5.18. The van der Waals surface area contributed by atoms with E-state index in [4.69, 9.17) is 5.73 Å². The third-order valence-corrected chi connectivity index (χ3v) is 3.60. The van der Waals surface area contributed by atoms with E-state index < -0.39 is 6.04 Å². The highest BCUT2D eigenvalue weighted by atomic mass is 16.2. The third-order valence-electron chi connectivity index (χ3n) is 3.60. The number of carbonyl (C=O) groups excluding carboxylic acids is 1. The Morgan fingerprint density at radius 2 is 1.95 bits per heavy atom. The minimum absolute atomic E-state index is 0.116. The molecule has 0 unspecified atom stereocenters. The SMILES string of the molecule is CC[C@H](N)C(=O)Nc1ccc(CN2CCCC2)cc1. The molecule has 104 valence electrons. The molecule has 1 aliphatic rings. The summed E-state index contributed by atoms with van der Waals surface area (Å²) in [4.78, 5) is 14.1. The van der Waals surface area contributed by atoms with E-state index in [2.05, 4.69) is 22.3 Å². The Kier molecular flexibility index (Phi) is 4.93. The molecule has 4 heteroatoms. The number of likely N-dealkylation sites (tertiary alicyclic amines) is 1.